The molecule has 136 valence electrons. The van der Waals surface area contributed by atoms with Crippen molar-refractivity contribution in [2.45, 2.75) is 39.0 Å². The number of guanidine groups is 1. The van der Waals surface area contributed by atoms with Crippen LogP contribution < -0.4 is 5.32 Å². The van der Waals surface area contributed by atoms with Crippen LogP contribution >= 0.6 is 11.3 Å². The smallest absolute Gasteiger partial charge is 0.193 e. The van der Waals surface area contributed by atoms with Crippen LogP contribution in [0.25, 0.3) is 0 Å². The van der Waals surface area contributed by atoms with Crippen LogP contribution in [0.5, 0.6) is 0 Å². The van der Waals surface area contributed by atoms with E-state index < -0.39 is 0 Å². The van der Waals surface area contributed by atoms with Gasteiger partial charge < -0.3 is 10.2 Å². The van der Waals surface area contributed by atoms with Gasteiger partial charge in [-0.1, -0.05) is 0 Å². The number of aliphatic imine (C=N–C) groups is 1. The molecule has 1 N–H and O–H groups in total. The molecule has 0 saturated carbocycles. The van der Waals surface area contributed by atoms with Crippen LogP contribution in [0.4, 0.5) is 0 Å². The van der Waals surface area contributed by atoms with Gasteiger partial charge in [-0.2, -0.15) is 5.10 Å². The van der Waals surface area contributed by atoms with Gasteiger partial charge in [0.2, 0.25) is 0 Å². The van der Waals surface area contributed by atoms with Gasteiger partial charge in [-0.05, 0) is 32.3 Å². The number of nitrogens with zero attached hydrogens (tertiary/aromatic N) is 5. The van der Waals surface area contributed by atoms with Crippen LogP contribution in [0.15, 0.2) is 22.8 Å². The molecule has 0 bridgehead atoms. The molecule has 0 aromatic carbocycles. The molecular weight excluding hydrogens is 332 g/mol. The van der Waals surface area contributed by atoms with E-state index in [4.69, 9.17) is 4.99 Å². The summed E-state index contributed by atoms with van der Waals surface area (Å²) in [5.74, 6) is 1.60. The first-order valence-corrected chi connectivity index (χ1v) is 9.96. The highest BCUT2D eigenvalue weighted by Crippen LogP contribution is 2.26. The normalized spacial score (nSPS) is 18.1. The second-order valence-electron chi connectivity index (χ2n) is 6.60. The maximum atomic E-state index is 4.84. The molecule has 6 nitrogen and oxygen atoms in total. The van der Waals surface area contributed by atoms with E-state index in [1.807, 2.05) is 24.9 Å². The van der Waals surface area contributed by atoms with E-state index in [-0.39, 0.29) is 0 Å². The quantitative estimate of drug-likeness (QED) is 0.489. The van der Waals surface area contributed by atoms with E-state index in [0.717, 1.165) is 57.1 Å². The molecule has 1 aliphatic rings. The Kier molecular flexibility index (Phi) is 6.07. The zero-order valence-corrected chi connectivity index (χ0v) is 16.2. The van der Waals surface area contributed by atoms with Crippen LogP contribution in [0.2, 0.25) is 0 Å². The zero-order chi connectivity index (χ0) is 17.6. The SMILES string of the molecule is CCNC(=NCCCc1nc(C)cs1)N1CCC(c2cnn(C)c2)C1. The molecule has 7 heteroatoms. The van der Waals surface area contributed by atoms with Crippen molar-refractivity contribution in [1.82, 2.24) is 25.0 Å². The molecular formula is C18H28N6S. The molecule has 1 saturated heterocycles. The minimum absolute atomic E-state index is 0.552. The minimum Gasteiger partial charge on any atom is -0.357 e. The Hall–Kier alpha value is -1.89. The van der Waals surface area contributed by atoms with Gasteiger partial charge in [0.05, 0.1) is 11.2 Å². The molecule has 1 unspecified atom stereocenters. The number of likely N-dealkylation sites (tertiary alicyclic amines) is 1. The number of hydrogen-bond donors (Lipinski definition) is 1. The first-order valence-electron chi connectivity index (χ1n) is 9.08. The third-order valence-corrected chi connectivity index (χ3v) is 5.52. The van der Waals surface area contributed by atoms with Crippen molar-refractivity contribution in [3.8, 4) is 0 Å². The lowest BCUT2D eigenvalue weighted by Gasteiger charge is -2.21. The van der Waals surface area contributed by atoms with Gasteiger partial charge >= 0.3 is 0 Å². The van der Waals surface area contributed by atoms with Gasteiger partial charge in [-0.25, -0.2) is 4.98 Å². The highest BCUT2D eigenvalue weighted by atomic mass is 32.1. The van der Waals surface area contributed by atoms with Crippen LogP contribution in [0.3, 0.4) is 0 Å². The standard InChI is InChI=1S/C18H28N6S/c1-4-19-18(20-8-5-6-17-22-14(2)13-25-17)24-9-7-15(12-24)16-10-21-23(3)11-16/h10-11,13,15H,4-9,12H2,1-3H3,(H,19,20). The number of rotatable bonds is 6. The topological polar surface area (TPSA) is 58.3 Å². The van der Waals surface area contributed by atoms with E-state index in [1.54, 1.807) is 11.3 Å². The molecule has 0 aliphatic carbocycles. The van der Waals surface area contributed by atoms with E-state index in [9.17, 15) is 0 Å². The molecule has 1 aliphatic heterocycles. The fraction of sp³-hybridized carbons (Fsp3) is 0.611. The predicted octanol–water partition coefficient (Wildman–Crippen LogP) is 2.57. The molecule has 25 heavy (non-hydrogen) atoms. The Balaban J connectivity index is 1.53. The summed E-state index contributed by atoms with van der Waals surface area (Å²) in [6.45, 7) is 7.99. The molecule has 0 amide bonds. The number of aromatic nitrogens is 3. The largest absolute Gasteiger partial charge is 0.357 e. The average Bonchev–Trinajstić information content (AvgIpc) is 3.31. The summed E-state index contributed by atoms with van der Waals surface area (Å²) in [4.78, 5) is 11.7. The second-order valence-corrected chi connectivity index (χ2v) is 7.54. The van der Waals surface area contributed by atoms with Crippen molar-refractivity contribution >= 4 is 17.3 Å². The summed E-state index contributed by atoms with van der Waals surface area (Å²) >= 11 is 1.75. The first-order chi connectivity index (χ1) is 12.2. The molecule has 0 spiro atoms. The maximum absolute atomic E-state index is 4.84. The summed E-state index contributed by atoms with van der Waals surface area (Å²) in [7, 11) is 1.98. The Bertz CT molecular complexity index is 704. The minimum atomic E-state index is 0.552. The third kappa shape index (κ3) is 4.81. The first kappa shape index (κ1) is 17.9. The number of thiazole rings is 1. The van der Waals surface area contributed by atoms with E-state index in [2.05, 4.69) is 38.8 Å². The van der Waals surface area contributed by atoms with Crippen LogP contribution in [0.1, 0.15) is 41.9 Å². The third-order valence-electron chi connectivity index (χ3n) is 4.50. The summed E-state index contributed by atoms with van der Waals surface area (Å²) in [5, 5.41) is 11.1. The summed E-state index contributed by atoms with van der Waals surface area (Å²) in [6, 6.07) is 0. The zero-order valence-electron chi connectivity index (χ0n) is 15.4. The second kappa shape index (κ2) is 8.47. The van der Waals surface area contributed by atoms with Crippen molar-refractivity contribution in [3.63, 3.8) is 0 Å². The van der Waals surface area contributed by atoms with Crippen molar-refractivity contribution in [2.75, 3.05) is 26.2 Å². The molecule has 1 fully saturated rings. The van der Waals surface area contributed by atoms with Gasteiger partial charge in [-0.3, -0.25) is 9.67 Å². The van der Waals surface area contributed by atoms with Crippen LogP contribution in [0, 0.1) is 6.92 Å². The lowest BCUT2D eigenvalue weighted by molar-refractivity contribution is 0.485. The Labute approximate surface area is 154 Å². The molecule has 2 aromatic heterocycles. The number of nitrogens with one attached hydrogen (secondary N) is 1. The van der Waals surface area contributed by atoms with Gasteiger partial charge in [0.1, 0.15) is 0 Å². The summed E-state index contributed by atoms with van der Waals surface area (Å²) < 4.78 is 1.89. The van der Waals surface area contributed by atoms with Crippen molar-refractivity contribution in [3.05, 3.63) is 34.0 Å². The van der Waals surface area contributed by atoms with E-state index in [0.29, 0.717) is 5.92 Å². The lowest BCUT2D eigenvalue weighted by atomic mass is 10.0. The maximum Gasteiger partial charge on any atom is 0.193 e. The Morgan fingerprint density at radius 1 is 1.48 bits per heavy atom. The fourth-order valence-corrected chi connectivity index (χ4v) is 4.05. The molecule has 0 radical (unpaired) electrons. The number of hydrogen-bond acceptors (Lipinski definition) is 4. The molecule has 3 rings (SSSR count). The van der Waals surface area contributed by atoms with Gasteiger partial charge in [0.25, 0.3) is 0 Å². The van der Waals surface area contributed by atoms with Crippen LogP contribution in [-0.2, 0) is 13.5 Å². The lowest BCUT2D eigenvalue weighted by Crippen LogP contribution is -2.40. The predicted molar refractivity (Wildman–Crippen MR) is 103 cm³/mol. The van der Waals surface area contributed by atoms with Crippen LogP contribution in [-0.4, -0.2) is 51.8 Å². The molecule has 2 aromatic rings. The van der Waals surface area contributed by atoms with Crippen molar-refractivity contribution < 1.29 is 0 Å². The van der Waals surface area contributed by atoms with Gasteiger partial charge in [-0.15, -0.1) is 11.3 Å². The van der Waals surface area contributed by atoms with E-state index in [1.165, 1.54) is 10.6 Å². The monoisotopic (exact) mass is 360 g/mol. The fourth-order valence-electron chi connectivity index (χ4n) is 3.23. The Morgan fingerprint density at radius 2 is 2.36 bits per heavy atom. The van der Waals surface area contributed by atoms with Crippen molar-refractivity contribution in [2.24, 2.45) is 12.0 Å². The number of aryl methyl sites for hydroxylation is 3. The molecule has 3 heterocycles. The van der Waals surface area contributed by atoms with Gasteiger partial charge in [0, 0.05) is 62.8 Å². The highest BCUT2D eigenvalue weighted by Gasteiger charge is 2.26. The molecule has 1 atom stereocenters. The summed E-state index contributed by atoms with van der Waals surface area (Å²) in [5.41, 5.74) is 2.45. The summed E-state index contributed by atoms with van der Waals surface area (Å²) in [6.07, 6.45) is 7.35. The average molecular weight is 361 g/mol. The van der Waals surface area contributed by atoms with Crippen molar-refractivity contribution in [1.29, 1.82) is 0 Å². The Morgan fingerprint density at radius 3 is 3.04 bits per heavy atom. The van der Waals surface area contributed by atoms with Gasteiger partial charge in [0.15, 0.2) is 5.96 Å². The highest BCUT2D eigenvalue weighted by molar-refractivity contribution is 7.09. The van der Waals surface area contributed by atoms with E-state index >= 15 is 0 Å².